The lowest BCUT2D eigenvalue weighted by atomic mass is 10.1. The lowest BCUT2D eigenvalue weighted by molar-refractivity contribution is -0.142. The highest BCUT2D eigenvalue weighted by molar-refractivity contribution is 6.67. The summed E-state index contributed by atoms with van der Waals surface area (Å²) in [6.07, 6.45) is 0.980. The van der Waals surface area contributed by atoms with Crippen molar-refractivity contribution >= 4 is 87.5 Å². The first-order valence-corrected chi connectivity index (χ1v) is 11.4. The van der Waals surface area contributed by atoms with E-state index in [1.807, 2.05) is 6.92 Å². The Bertz CT molecular complexity index is 668. The Morgan fingerprint density at radius 2 is 1.65 bits per heavy atom. The van der Waals surface area contributed by atoms with Crippen molar-refractivity contribution in [3.05, 3.63) is 11.8 Å². The van der Waals surface area contributed by atoms with E-state index in [4.69, 9.17) is 79.1 Å². The van der Waals surface area contributed by atoms with Gasteiger partial charge in [0.05, 0.1) is 13.7 Å². The van der Waals surface area contributed by atoms with Crippen LogP contribution in [-0.4, -0.2) is 55.7 Å². The first-order chi connectivity index (χ1) is 13.9. The SMILES string of the molecule is CCC(Cl)(Cl)Cl.COC1=CC(=O)N(C(=O)C(CCC(Cl)(Cl)Cl)NC(=O)OC(C)(C)C)C1. The number of nitrogens with one attached hydrogen (secondary N) is 1. The van der Waals surface area contributed by atoms with Gasteiger partial charge in [0.2, 0.25) is 0 Å². The summed E-state index contributed by atoms with van der Waals surface area (Å²) in [5.41, 5.74) is -0.749. The first kappa shape index (κ1) is 30.7. The zero-order valence-electron chi connectivity index (χ0n) is 17.7. The van der Waals surface area contributed by atoms with Gasteiger partial charge in [-0.3, -0.25) is 14.5 Å². The number of hydrogen-bond acceptors (Lipinski definition) is 5. The van der Waals surface area contributed by atoms with Crippen LogP contribution in [-0.2, 0) is 19.1 Å². The third kappa shape index (κ3) is 14.5. The summed E-state index contributed by atoms with van der Waals surface area (Å²) in [5, 5.41) is 2.43. The Kier molecular flexibility index (Phi) is 12.7. The fourth-order valence-corrected chi connectivity index (χ4v) is 2.34. The van der Waals surface area contributed by atoms with Gasteiger partial charge in [-0.15, -0.1) is 0 Å². The van der Waals surface area contributed by atoms with Crippen LogP contribution in [0.15, 0.2) is 11.8 Å². The van der Waals surface area contributed by atoms with Crippen molar-refractivity contribution < 1.29 is 23.9 Å². The van der Waals surface area contributed by atoms with Crippen molar-refractivity contribution in [2.45, 2.75) is 66.2 Å². The molecule has 7 nitrogen and oxygen atoms in total. The fourth-order valence-electron chi connectivity index (χ4n) is 2.01. The molecule has 31 heavy (non-hydrogen) atoms. The van der Waals surface area contributed by atoms with Crippen molar-refractivity contribution in [2.75, 3.05) is 13.7 Å². The highest BCUT2D eigenvalue weighted by atomic mass is 35.6. The van der Waals surface area contributed by atoms with Gasteiger partial charge in [-0.05, 0) is 40.0 Å². The monoisotopic (exact) mass is 560 g/mol. The average molecular weight is 563 g/mol. The van der Waals surface area contributed by atoms with Crippen molar-refractivity contribution in [3.8, 4) is 0 Å². The summed E-state index contributed by atoms with van der Waals surface area (Å²) in [6, 6.07) is -1.08. The maximum absolute atomic E-state index is 12.7. The number of alkyl halides is 6. The van der Waals surface area contributed by atoms with Crippen molar-refractivity contribution in [1.82, 2.24) is 10.2 Å². The minimum absolute atomic E-state index is 0.00351. The van der Waals surface area contributed by atoms with E-state index < -0.39 is 37.1 Å². The number of rotatable bonds is 5. The van der Waals surface area contributed by atoms with Crippen LogP contribution in [0.1, 0.15) is 47.0 Å². The number of alkyl carbamates (subject to hydrolysis) is 1. The van der Waals surface area contributed by atoms with Crippen molar-refractivity contribution in [1.29, 1.82) is 0 Å². The van der Waals surface area contributed by atoms with E-state index in [9.17, 15) is 14.4 Å². The molecule has 180 valence electrons. The van der Waals surface area contributed by atoms with Crippen molar-refractivity contribution in [2.24, 2.45) is 0 Å². The summed E-state index contributed by atoms with van der Waals surface area (Å²) in [7, 11) is 1.40. The normalized spacial score (nSPS) is 15.5. The Hall–Kier alpha value is -0.310. The minimum Gasteiger partial charge on any atom is -0.499 e. The van der Waals surface area contributed by atoms with Gasteiger partial charge in [0.15, 0.2) is 7.59 Å². The zero-order valence-corrected chi connectivity index (χ0v) is 22.3. The molecule has 0 fully saturated rings. The maximum atomic E-state index is 12.7. The number of nitrogens with zero attached hydrogens (tertiary/aromatic N) is 1. The fraction of sp³-hybridized carbons (Fsp3) is 0.722. The van der Waals surface area contributed by atoms with Gasteiger partial charge in [-0.2, -0.15) is 0 Å². The van der Waals surface area contributed by atoms with E-state index in [-0.39, 0.29) is 19.4 Å². The topological polar surface area (TPSA) is 84.9 Å². The lowest BCUT2D eigenvalue weighted by Gasteiger charge is -2.26. The van der Waals surface area contributed by atoms with Crippen LogP contribution < -0.4 is 5.32 Å². The summed E-state index contributed by atoms with van der Waals surface area (Å²) >= 11 is 32.9. The number of hydrogen-bond donors (Lipinski definition) is 1. The molecule has 0 bridgehead atoms. The number of carbonyl (C=O) groups is 3. The molecule has 0 spiro atoms. The summed E-state index contributed by atoms with van der Waals surface area (Å²) in [6.45, 7) is 6.85. The van der Waals surface area contributed by atoms with Crippen LogP contribution in [0, 0.1) is 0 Å². The molecule has 0 radical (unpaired) electrons. The summed E-state index contributed by atoms with van der Waals surface area (Å²) < 4.78 is 7.47. The Labute approximate surface area is 212 Å². The molecule has 1 heterocycles. The number of ether oxygens (including phenoxy) is 2. The van der Waals surface area contributed by atoms with Gasteiger partial charge in [-0.1, -0.05) is 76.5 Å². The van der Waals surface area contributed by atoms with Crippen LogP contribution in [0.3, 0.4) is 0 Å². The Morgan fingerprint density at radius 1 is 1.13 bits per heavy atom. The maximum Gasteiger partial charge on any atom is 0.408 e. The summed E-state index contributed by atoms with van der Waals surface area (Å²) in [4.78, 5) is 37.5. The first-order valence-electron chi connectivity index (χ1n) is 9.11. The smallest absolute Gasteiger partial charge is 0.408 e. The quantitative estimate of drug-likeness (QED) is 0.435. The molecule has 0 aromatic carbocycles. The number of imide groups is 1. The second kappa shape index (κ2) is 12.8. The van der Waals surface area contributed by atoms with Gasteiger partial charge in [0.1, 0.15) is 17.4 Å². The van der Waals surface area contributed by atoms with Crippen LogP contribution >= 0.6 is 69.6 Å². The molecular weight excluding hydrogens is 537 g/mol. The number of carbonyl (C=O) groups excluding carboxylic acids is 3. The molecule has 1 N–H and O–H groups in total. The molecular formula is C18H26Cl6N2O5. The molecule has 0 saturated carbocycles. The van der Waals surface area contributed by atoms with Gasteiger partial charge in [0.25, 0.3) is 11.8 Å². The molecule has 0 aromatic rings. The van der Waals surface area contributed by atoms with Crippen LogP contribution in [0.25, 0.3) is 0 Å². The zero-order chi connectivity index (χ0) is 24.6. The number of amides is 3. The van der Waals surface area contributed by atoms with Crippen molar-refractivity contribution in [3.63, 3.8) is 0 Å². The highest BCUT2D eigenvalue weighted by Gasteiger charge is 2.36. The van der Waals surface area contributed by atoms with E-state index in [0.29, 0.717) is 12.2 Å². The minimum atomic E-state index is -1.60. The molecule has 0 aliphatic carbocycles. The molecule has 1 rings (SSSR count). The molecule has 13 heteroatoms. The largest absolute Gasteiger partial charge is 0.499 e. The Morgan fingerprint density at radius 3 is 2.00 bits per heavy atom. The molecule has 1 unspecified atom stereocenters. The molecule has 1 aliphatic heterocycles. The van der Waals surface area contributed by atoms with E-state index >= 15 is 0 Å². The number of halogens is 6. The highest BCUT2D eigenvalue weighted by Crippen LogP contribution is 2.32. The van der Waals surface area contributed by atoms with Gasteiger partial charge >= 0.3 is 6.09 Å². The second-order valence-electron chi connectivity index (χ2n) is 7.40. The third-order valence-electron chi connectivity index (χ3n) is 3.50. The summed E-state index contributed by atoms with van der Waals surface area (Å²) in [5.74, 6) is -0.823. The lowest BCUT2D eigenvalue weighted by Crippen LogP contribution is -2.50. The third-order valence-corrected chi connectivity index (χ3v) is 4.87. The molecule has 1 aliphatic rings. The molecule has 3 amide bonds. The molecule has 0 saturated heterocycles. The standard InChI is InChI=1S/C15H21Cl3N2O5.C3H5Cl3/c1-14(2,3)25-13(23)19-10(5-6-15(16,17)18)12(22)20-8-9(24-4)7-11(20)21;1-2-3(4,5)6/h7,10H,5-6,8H2,1-4H3,(H,19,23);2H2,1H3. The number of methoxy groups -OCH3 is 1. The molecule has 1 atom stereocenters. The van der Waals surface area contributed by atoms with Gasteiger partial charge in [-0.25, -0.2) is 4.79 Å². The predicted octanol–water partition coefficient (Wildman–Crippen LogP) is 5.70. The molecule has 0 aromatic heterocycles. The van der Waals surface area contributed by atoms with E-state index in [2.05, 4.69) is 5.32 Å². The average Bonchev–Trinajstić information content (AvgIpc) is 2.96. The van der Waals surface area contributed by atoms with Crippen LogP contribution in [0.5, 0.6) is 0 Å². The van der Waals surface area contributed by atoms with Crippen LogP contribution in [0.4, 0.5) is 4.79 Å². The Balaban J connectivity index is 0.00000131. The predicted molar refractivity (Wildman–Crippen MR) is 125 cm³/mol. The second-order valence-corrected chi connectivity index (χ2v) is 12.4. The van der Waals surface area contributed by atoms with E-state index in [1.54, 1.807) is 20.8 Å². The van der Waals surface area contributed by atoms with Gasteiger partial charge < -0.3 is 14.8 Å². The van der Waals surface area contributed by atoms with Crippen LogP contribution in [0.2, 0.25) is 0 Å². The van der Waals surface area contributed by atoms with E-state index in [1.165, 1.54) is 13.2 Å². The van der Waals surface area contributed by atoms with Gasteiger partial charge in [0, 0.05) is 6.08 Å². The van der Waals surface area contributed by atoms with E-state index in [0.717, 1.165) is 4.90 Å².